The van der Waals surface area contributed by atoms with Crippen LogP contribution in [-0.4, -0.2) is 17.5 Å². The highest BCUT2D eigenvalue weighted by Crippen LogP contribution is 2.20. The Labute approximate surface area is 145 Å². The summed E-state index contributed by atoms with van der Waals surface area (Å²) in [7, 11) is 3.39. The fourth-order valence-corrected chi connectivity index (χ4v) is 2.65. The average Bonchev–Trinajstić information content (AvgIpc) is 2.91. The van der Waals surface area contributed by atoms with Crippen LogP contribution in [0.25, 0.3) is 11.3 Å². The van der Waals surface area contributed by atoms with Crippen LogP contribution >= 0.6 is 0 Å². The predicted molar refractivity (Wildman–Crippen MR) is 92.7 cm³/mol. The van der Waals surface area contributed by atoms with E-state index in [1.165, 1.54) is 12.1 Å². The molecule has 0 aliphatic rings. The van der Waals surface area contributed by atoms with Crippen molar-refractivity contribution in [1.29, 1.82) is 0 Å². The molecule has 5 nitrogen and oxygen atoms in total. The summed E-state index contributed by atoms with van der Waals surface area (Å²) in [5, 5.41) is 0. The second-order valence-corrected chi connectivity index (χ2v) is 5.72. The number of nitrogens with two attached hydrogens (primary N) is 1. The number of aromatic nitrogens is 2. The zero-order valence-corrected chi connectivity index (χ0v) is 14.1. The van der Waals surface area contributed by atoms with Crippen LogP contribution in [0.1, 0.15) is 10.4 Å². The maximum Gasteiger partial charge on any atom is 0.355 e. The largest absolute Gasteiger partial charge is 0.497 e. The van der Waals surface area contributed by atoms with Gasteiger partial charge in [0.2, 0.25) is 0 Å². The van der Waals surface area contributed by atoms with Crippen molar-refractivity contribution in [2.75, 3.05) is 12.8 Å². The normalized spacial score (nSPS) is 10.7. The summed E-state index contributed by atoms with van der Waals surface area (Å²) < 4.78 is 21.7. The van der Waals surface area contributed by atoms with Crippen molar-refractivity contribution in [2.45, 2.75) is 6.54 Å². The van der Waals surface area contributed by atoms with E-state index >= 15 is 0 Å². The lowest BCUT2D eigenvalue weighted by atomic mass is 10.1. The van der Waals surface area contributed by atoms with Gasteiger partial charge in [-0.1, -0.05) is 0 Å². The van der Waals surface area contributed by atoms with Crippen molar-refractivity contribution < 1.29 is 18.5 Å². The van der Waals surface area contributed by atoms with Gasteiger partial charge in [-0.25, -0.2) is 13.5 Å². The fraction of sp³-hybridized carbons (Fsp3) is 0.158. The Bertz CT molecular complexity index is 900. The number of nitrogens with zero attached hydrogens (tertiary/aromatic N) is 2. The molecule has 0 fully saturated rings. The molecule has 25 heavy (non-hydrogen) atoms. The third-order valence-electron chi connectivity index (χ3n) is 4.14. The van der Waals surface area contributed by atoms with E-state index in [1.54, 1.807) is 58.8 Å². The molecule has 3 aromatic rings. The molecule has 2 N–H and O–H groups in total. The smallest absolute Gasteiger partial charge is 0.355 e. The van der Waals surface area contributed by atoms with Crippen LogP contribution in [0.5, 0.6) is 5.75 Å². The first-order valence-electron chi connectivity index (χ1n) is 7.77. The van der Waals surface area contributed by atoms with Crippen molar-refractivity contribution in [2.24, 2.45) is 7.05 Å². The Balaban J connectivity index is 1.86. The van der Waals surface area contributed by atoms with Crippen LogP contribution in [0.4, 0.5) is 10.3 Å². The maximum atomic E-state index is 13.1. The minimum absolute atomic E-state index is 0.0596. The monoisotopic (exact) mass is 340 g/mol. The maximum absolute atomic E-state index is 13.1. The van der Waals surface area contributed by atoms with Crippen molar-refractivity contribution in [3.05, 3.63) is 66.1 Å². The van der Waals surface area contributed by atoms with Gasteiger partial charge >= 0.3 is 5.95 Å². The summed E-state index contributed by atoms with van der Waals surface area (Å²) in [6.07, 6.45) is 1.80. The Morgan fingerprint density at radius 1 is 1.16 bits per heavy atom. The molecule has 1 aromatic heterocycles. The van der Waals surface area contributed by atoms with E-state index in [4.69, 9.17) is 10.5 Å². The van der Waals surface area contributed by atoms with E-state index in [0.717, 1.165) is 11.3 Å². The van der Waals surface area contributed by atoms with Gasteiger partial charge < -0.3 is 4.74 Å². The number of nitrogen functional groups attached to an aromatic ring is 1. The molecule has 3 rings (SSSR count). The van der Waals surface area contributed by atoms with Gasteiger partial charge in [-0.15, -0.1) is 0 Å². The number of imidazole rings is 1. The molecule has 0 unspecified atom stereocenters. The standard InChI is InChI=1S/C19H18FN3O2/c1-22-17(13-3-7-15(20)8-4-13)11-23(19(22)21)12-18(24)14-5-9-16(25-2)10-6-14/h3-11,21H,12H2,1-2H3/p+1. The number of ketones is 1. The highest BCUT2D eigenvalue weighted by molar-refractivity contribution is 5.95. The van der Waals surface area contributed by atoms with E-state index in [9.17, 15) is 9.18 Å². The summed E-state index contributed by atoms with van der Waals surface area (Å²) in [4.78, 5) is 12.5. The highest BCUT2D eigenvalue weighted by Gasteiger charge is 2.20. The van der Waals surface area contributed by atoms with Gasteiger partial charge in [-0.2, -0.15) is 0 Å². The van der Waals surface area contributed by atoms with Crippen molar-refractivity contribution in [1.82, 2.24) is 4.57 Å². The molecule has 0 bridgehead atoms. The Morgan fingerprint density at radius 3 is 2.40 bits per heavy atom. The van der Waals surface area contributed by atoms with Crippen LogP contribution < -0.4 is 15.0 Å². The zero-order chi connectivity index (χ0) is 18.0. The number of anilines is 1. The number of carbonyl (C=O) groups excluding carboxylic acids is 1. The molecule has 0 saturated heterocycles. The number of hydrogen-bond donors (Lipinski definition) is 1. The second kappa shape index (κ2) is 6.76. The number of ether oxygens (including phenoxy) is 1. The number of methoxy groups -OCH3 is 1. The quantitative estimate of drug-likeness (QED) is 0.574. The lowest BCUT2D eigenvalue weighted by molar-refractivity contribution is -0.667. The Hall–Kier alpha value is -3.15. The molecule has 6 heteroatoms. The predicted octanol–water partition coefficient (Wildman–Crippen LogP) is 2.59. The van der Waals surface area contributed by atoms with E-state index in [2.05, 4.69) is 0 Å². The molecule has 0 aliphatic heterocycles. The number of hydrogen-bond acceptors (Lipinski definition) is 3. The van der Waals surface area contributed by atoms with Gasteiger partial charge in [0.05, 0.1) is 14.2 Å². The lowest BCUT2D eigenvalue weighted by Crippen LogP contribution is -2.39. The second-order valence-electron chi connectivity index (χ2n) is 5.72. The minimum Gasteiger partial charge on any atom is -0.497 e. The first-order chi connectivity index (χ1) is 12.0. The summed E-state index contributed by atoms with van der Waals surface area (Å²) >= 11 is 0. The first kappa shape index (κ1) is 16.7. The molecule has 2 aromatic carbocycles. The summed E-state index contributed by atoms with van der Waals surface area (Å²) in [6, 6.07) is 13.1. The minimum atomic E-state index is -0.298. The first-order valence-corrected chi connectivity index (χ1v) is 7.77. The third kappa shape index (κ3) is 3.38. The number of carbonyl (C=O) groups is 1. The van der Waals surface area contributed by atoms with Gasteiger partial charge in [-0.05, 0) is 48.5 Å². The van der Waals surface area contributed by atoms with Crippen LogP contribution in [0.3, 0.4) is 0 Å². The Kier molecular flexibility index (Phi) is 4.52. The van der Waals surface area contributed by atoms with Crippen LogP contribution in [0.15, 0.2) is 54.7 Å². The molecular formula is C19H19FN3O2+. The van der Waals surface area contributed by atoms with Gasteiger partial charge in [0.1, 0.15) is 30.0 Å². The highest BCUT2D eigenvalue weighted by atomic mass is 19.1. The van der Waals surface area contributed by atoms with E-state index in [-0.39, 0.29) is 18.1 Å². The van der Waals surface area contributed by atoms with E-state index in [1.807, 2.05) is 7.05 Å². The lowest BCUT2D eigenvalue weighted by Gasteiger charge is -2.02. The zero-order valence-electron chi connectivity index (χ0n) is 14.1. The van der Waals surface area contributed by atoms with Gasteiger partial charge in [0.25, 0.3) is 0 Å². The van der Waals surface area contributed by atoms with E-state index in [0.29, 0.717) is 17.3 Å². The average molecular weight is 340 g/mol. The molecule has 0 atom stereocenters. The molecule has 0 saturated carbocycles. The number of benzene rings is 2. The SMILES string of the molecule is COc1ccc(C(=O)C[n+]2cc(-c3ccc(F)cc3)n(C)c2N)cc1. The number of Topliss-reactive ketones (excluding diaryl/α,β-unsaturated/α-hetero) is 1. The summed E-state index contributed by atoms with van der Waals surface area (Å²) in [5.41, 5.74) is 8.34. The van der Waals surface area contributed by atoms with Gasteiger partial charge in [0, 0.05) is 11.1 Å². The van der Waals surface area contributed by atoms with Crippen molar-refractivity contribution >= 4 is 11.7 Å². The van der Waals surface area contributed by atoms with Crippen LogP contribution in [0, 0.1) is 5.82 Å². The Morgan fingerprint density at radius 2 is 1.80 bits per heavy atom. The number of halogens is 1. The topological polar surface area (TPSA) is 61.1 Å². The number of rotatable bonds is 5. The van der Waals surface area contributed by atoms with Gasteiger partial charge in [0.15, 0.2) is 5.78 Å². The molecular weight excluding hydrogens is 321 g/mol. The molecule has 0 amide bonds. The fourth-order valence-electron chi connectivity index (χ4n) is 2.65. The van der Waals surface area contributed by atoms with E-state index < -0.39 is 0 Å². The molecule has 128 valence electrons. The van der Waals surface area contributed by atoms with Gasteiger partial charge in [-0.3, -0.25) is 10.5 Å². The van der Waals surface area contributed by atoms with Crippen molar-refractivity contribution in [3.63, 3.8) is 0 Å². The molecule has 1 heterocycles. The van der Waals surface area contributed by atoms with Crippen LogP contribution in [-0.2, 0) is 13.6 Å². The summed E-state index contributed by atoms with van der Waals surface area (Å²) in [5.74, 6) is 0.785. The molecule has 0 aliphatic carbocycles. The third-order valence-corrected chi connectivity index (χ3v) is 4.14. The molecule has 0 spiro atoms. The van der Waals surface area contributed by atoms with Crippen LogP contribution in [0.2, 0.25) is 0 Å². The van der Waals surface area contributed by atoms with Crippen molar-refractivity contribution in [3.8, 4) is 17.0 Å². The summed E-state index contributed by atoms with van der Waals surface area (Å²) in [6.45, 7) is 0.118. The molecule has 0 radical (unpaired) electrons.